The first kappa shape index (κ1) is 28.4. The zero-order chi connectivity index (χ0) is 28.8. The summed E-state index contributed by atoms with van der Waals surface area (Å²) in [4.78, 5) is 17.2. The normalized spacial score (nSPS) is 11.2. The largest absolute Gasteiger partial charge is 0.493 e. The van der Waals surface area contributed by atoms with E-state index in [1.165, 1.54) is 17.8 Å². The second-order valence-corrected chi connectivity index (χ2v) is 10.8. The van der Waals surface area contributed by atoms with Crippen molar-refractivity contribution in [2.45, 2.75) is 37.9 Å². The van der Waals surface area contributed by atoms with E-state index in [0.29, 0.717) is 71.5 Å². The third-order valence-corrected chi connectivity index (χ3v) is 7.78. The van der Waals surface area contributed by atoms with Crippen molar-refractivity contribution in [1.29, 1.82) is 0 Å². The number of amides is 1. The Morgan fingerprint density at radius 3 is 2.66 bits per heavy atom. The standard InChI is InChI=1S/C31H32FN5O3S/c1-20-10-12-25-23(17-20)29-30(37(25)19-22-7-4-5-8-24(22)32)34-31(36-35-29)41-16-6-9-28(38)33-15-14-21-11-13-26(39-2)27(18-21)40-3/h4-5,7-8,10-13,17-18H,6,9,14-16,19H2,1-3H3,(H,33,38). The van der Waals surface area contributed by atoms with Crippen molar-refractivity contribution in [1.82, 2.24) is 25.1 Å². The van der Waals surface area contributed by atoms with Gasteiger partial charge in [0.15, 0.2) is 17.1 Å². The average Bonchev–Trinajstić information content (AvgIpc) is 3.28. The number of hydrogen-bond donors (Lipinski definition) is 1. The van der Waals surface area contributed by atoms with Crippen molar-refractivity contribution in [2.75, 3.05) is 26.5 Å². The molecule has 0 aliphatic carbocycles. The van der Waals surface area contributed by atoms with E-state index >= 15 is 0 Å². The Balaban J connectivity index is 1.19. The van der Waals surface area contributed by atoms with Gasteiger partial charge in [-0.05, 0) is 55.7 Å². The second-order valence-electron chi connectivity index (χ2n) is 9.71. The zero-order valence-corrected chi connectivity index (χ0v) is 24.1. The highest BCUT2D eigenvalue weighted by Gasteiger charge is 2.17. The minimum Gasteiger partial charge on any atom is -0.493 e. The zero-order valence-electron chi connectivity index (χ0n) is 23.3. The number of ether oxygens (including phenoxy) is 2. The summed E-state index contributed by atoms with van der Waals surface area (Å²) in [6, 6.07) is 18.6. The van der Waals surface area contributed by atoms with Crippen LogP contribution in [0.3, 0.4) is 0 Å². The monoisotopic (exact) mass is 573 g/mol. The molecule has 2 heterocycles. The number of halogens is 1. The van der Waals surface area contributed by atoms with Crippen molar-refractivity contribution >= 4 is 39.7 Å². The van der Waals surface area contributed by atoms with Gasteiger partial charge in [-0.3, -0.25) is 4.79 Å². The van der Waals surface area contributed by atoms with Gasteiger partial charge in [0.05, 0.1) is 26.3 Å². The summed E-state index contributed by atoms with van der Waals surface area (Å²) < 4.78 is 27.1. The van der Waals surface area contributed by atoms with Gasteiger partial charge in [0, 0.05) is 29.7 Å². The number of nitrogens with zero attached hydrogens (tertiary/aromatic N) is 4. The highest BCUT2D eigenvalue weighted by molar-refractivity contribution is 7.99. The van der Waals surface area contributed by atoms with Gasteiger partial charge in [-0.1, -0.05) is 47.7 Å². The fourth-order valence-electron chi connectivity index (χ4n) is 4.74. The van der Waals surface area contributed by atoms with Crippen LogP contribution in [-0.2, 0) is 17.8 Å². The van der Waals surface area contributed by atoms with Crippen LogP contribution in [0.15, 0.2) is 65.8 Å². The van der Waals surface area contributed by atoms with E-state index < -0.39 is 0 Å². The first-order valence-electron chi connectivity index (χ1n) is 13.4. The van der Waals surface area contributed by atoms with Crippen molar-refractivity contribution in [2.24, 2.45) is 0 Å². The van der Waals surface area contributed by atoms with E-state index in [4.69, 9.17) is 14.5 Å². The molecule has 0 unspecified atom stereocenters. The maximum atomic E-state index is 14.5. The molecule has 0 saturated heterocycles. The molecule has 0 saturated carbocycles. The summed E-state index contributed by atoms with van der Waals surface area (Å²) in [5.74, 6) is 1.76. The molecule has 5 aromatic rings. The summed E-state index contributed by atoms with van der Waals surface area (Å²) in [6.07, 6.45) is 1.77. The minimum atomic E-state index is -0.256. The first-order valence-corrected chi connectivity index (χ1v) is 14.4. The Morgan fingerprint density at radius 2 is 1.85 bits per heavy atom. The summed E-state index contributed by atoms with van der Waals surface area (Å²) in [5, 5.41) is 13.3. The van der Waals surface area contributed by atoms with Gasteiger partial charge in [-0.15, -0.1) is 10.2 Å². The summed E-state index contributed by atoms with van der Waals surface area (Å²) in [5.41, 5.74) is 5.03. The molecule has 1 amide bonds. The molecular formula is C31H32FN5O3S. The van der Waals surface area contributed by atoms with Gasteiger partial charge in [0.2, 0.25) is 11.1 Å². The molecule has 2 aromatic heterocycles. The topological polar surface area (TPSA) is 91.2 Å². The average molecular weight is 574 g/mol. The molecule has 212 valence electrons. The Hall–Kier alpha value is -4.18. The van der Waals surface area contributed by atoms with Crippen LogP contribution < -0.4 is 14.8 Å². The van der Waals surface area contributed by atoms with E-state index in [9.17, 15) is 9.18 Å². The van der Waals surface area contributed by atoms with Crippen molar-refractivity contribution < 1.29 is 18.7 Å². The van der Waals surface area contributed by atoms with Crippen LogP contribution in [0.5, 0.6) is 11.5 Å². The number of fused-ring (bicyclic) bond motifs is 3. The molecule has 0 atom stereocenters. The summed E-state index contributed by atoms with van der Waals surface area (Å²) >= 11 is 1.46. The van der Waals surface area contributed by atoms with Crippen LogP contribution in [0.1, 0.15) is 29.5 Å². The quantitative estimate of drug-likeness (QED) is 0.151. The van der Waals surface area contributed by atoms with Crippen LogP contribution in [0.4, 0.5) is 4.39 Å². The summed E-state index contributed by atoms with van der Waals surface area (Å²) in [6.45, 7) is 2.90. The van der Waals surface area contributed by atoms with Crippen molar-refractivity contribution in [3.8, 4) is 11.5 Å². The van der Waals surface area contributed by atoms with Crippen LogP contribution in [0.25, 0.3) is 22.1 Å². The maximum absolute atomic E-state index is 14.5. The lowest BCUT2D eigenvalue weighted by molar-refractivity contribution is -0.121. The number of aromatic nitrogens is 4. The lowest BCUT2D eigenvalue weighted by atomic mass is 10.1. The Morgan fingerprint density at radius 1 is 1.02 bits per heavy atom. The van der Waals surface area contributed by atoms with Gasteiger partial charge in [0.1, 0.15) is 11.3 Å². The van der Waals surface area contributed by atoms with Gasteiger partial charge in [-0.25, -0.2) is 9.37 Å². The number of thioether (sulfide) groups is 1. The Kier molecular flexibility index (Phi) is 8.98. The van der Waals surface area contributed by atoms with E-state index in [-0.39, 0.29) is 11.7 Å². The number of benzene rings is 3. The van der Waals surface area contributed by atoms with Gasteiger partial charge < -0.3 is 19.4 Å². The molecule has 0 spiro atoms. The lowest BCUT2D eigenvalue weighted by Crippen LogP contribution is -2.25. The molecule has 5 rings (SSSR count). The predicted molar refractivity (Wildman–Crippen MR) is 159 cm³/mol. The highest BCUT2D eigenvalue weighted by atomic mass is 32.2. The van der Waals surface area contributed by atoms with Crippen LogP contribution in [0, 0.1) is 12.7 Å². The molecule has 8 nitrogen and oxygen atoms in total. The van der Waals surface area contributed by atoms with Crippen molar-refractivity contribution in [3.05, 3.63) is 83.2 Å². The Bertz CT molecular complexity index is 1690. The molecule has 3 aromatic carbocycles. The number of methoxy groups -OCH3 is 2. The maximum Gasteiger partial charge on any atom is 0.220 e. The SMILES string of the molecule is COc1ccc(CCNC(=O)CCCSc2nnc3c4cc(C)ccc4n(Cc4ccccc4F)c3n2)cc1OC. The number of hydrogen-bond acceptors (Lipinski definition) is 7. The van der Waals surface area contributed by atoms with E-state index in [2.05, 4.69) is 21.6 Å². The summed E-state index contributed by atoms with van der Waals surface area (Å²) in [7, 11) is 3.21. The van der Waals surface area contributed by atoms with E-state index in [1.54, 1.807) is 26.4 Å². The van der Waals surface area contributed by atoms with E-state index in [1.807, 2.05) is 47.9 Å². The second kappa shape index (κ2) is 13.0. The molecular weight excluding hydrogens is 541 g/mol. The van der Waals surface area contributed by atoms with Crippen LogP contribution in [-0.4, -0.2) is 52.2 Å². The molecule has 0 fully saturated rings. The third kappa shape index (κ3) is 6.59. The van der Waals surface area contributed by atoms with Gasteiger partial charge in [0.25, 0.3) is 0 Å². The van der Waals surface area contributed by atoms with E-state index in [0.717, 1.165) is 22.0 Å². The van der Waals surface area contributed by atoms with Crippen LogP contribution >= 0.6 is 11.8 Å². The fraction of sp³-hybridized carbons (Fsp3) is 0.290. The number of carbonyl (C=O) groups is 1. The molecule has 0 aliphatic heterocycles. The van der Waals surface area contributed by atoms with Gasteiger partial charge >= 0.3 is 0 Å². The molecule has 0 radical (unpaired) electrons. The minimum absolute atomic E-state index is 0.000885. The molecule has 1 N–H and O–H groups in total. The number of carbonyl (C=O) groups excluding carboxylic acids is 1. The highest BCUT2D eigenvalue weighted by Crippen LogP contribution is 2.30. The smallest absolute Gasteiger partial charge is 0.220 e. The third-order valence-electron chi connectivity index (χ3n) is 6.85. The fourth-order valence-corrected chi connectivity index (χ4v) is 5.46. The number of aryl methyl sites for hydroxylation is 1. The molecule has 10 heteroatoms. The van der Waals surface area contributed by atoms with Crippen LogP contribution in [0.2, 0.25) is 0 Å². The first-order chi connectivity index (χ1) is 20.0. The number of nitrogens with one attached hydrogen (secondary N) is 1. The Labute approximate surface area is 242 Å². The molecule has 0 bridgehead atoms. The predicted octanol–water partition coefficient (Wildman–Crippen LogP) is 5.72. The number of rotatable bonds is 12. The lowest BCUT2D eigenvalue weighted by Gasteiger charge is -2.10. The molecule has 0 aliphatic rings. The molecule has 41 heavy (non-hydrogen) atoms. The van der Waals surface area contributed by atoms with Crippen molar-refractivity contribution in [3.63, 3.8) is 0 Å². The van der Waals surface area contributed by atoms with Gasteiger partial charge in [-0.2, -0.15) is 0 Å².